The molecule has 0 aliphatic rings. The molecule has 7 nitrogen and oxygen atoms in total. The van der Waals surface area contributed by atoms with Crippen LogP contribution in [0, 0.1) is 0 Å². The Labute approximate surface area is 122 Å². The summed E-state index contributed by atoms with van der Waals surface area (Å²) in [6, 6.07) is 6.50. The molecule has 0 bridgehead atoms. The molecule has 4 N–H and O–H groups in total. The van der Waals surface area contributed by atoms with E-state index in [1.165, 1.54) is 7.05 Å². The lowest BCUT2D eigenvalue weighted by Gasteiger charge is -2.27. The molecule has 1 amide bonds. The number of carboxylic acid groups (broad SMARTS) is 2. The van der Waals surface area contributed by atoms with E-state index in [0.29, 0.717) is 0 Å². The summed E-state index contributed by atoms with van der Waals surface area (Å²) < 4.78 is 0. The normalized spacial score (nSPS) is 13.2. The van der Waals surface area contributed by atoms with Gasteiger partial charge in [-0.2, -0.15) is 0 Å². The van der Waals surface area contributed by atoms with Crippen LogP contribution in [0.5, 0.6) is 0 Å². The van der Waals surface area contributed by atoms with Crippen LogP contribution in [0.3, 0.4) is 0 Å². The Balaban J connectivity index is 2.82. The Morgan fingerprint density at radius 1 is 1.19 bits per heavy atom. The fourth-order valence-electron chi connectivity index (χ4n) is 1.92. The lowest BCUT2D eigenvalue weighted by molar-refractivity contribution is -0.150. The first-order valence-corrected chi connectivity index (χ1v) is 6.33. The van der Waals surface area contributed by atoms with E-state index in [2.05, 4.69) is 0 Å². The minimum Gasteiger partial charge on any atom is -0.481 e. The first-order valence-electron chi connectivity index (χ1n) is 6.33. The number of benzene rings is 1. The molecule has 2 atom stereocenters. The van der Waals surface area contributed by atoms with Gasteiger partial charge in [0, 0.05) is 13.5 Å². The van der Waals surface area contributed by atoms with Gasteiger partial charge in [0.15, 0.2) is 0 Å². The maximum atomic E-state index is 12.0. The number of hydrogen-bond donors (Lipinski definition) is 3. The summed E-state index contributed by atoms with van der Waals surface area (Å²) in [5.41, 5.74) is 6.25. The summed E-state index contributed by atoms with van der Waals surface area (Å²) >= 11 is 0. The van der Waals surface area contributed by atoms with Crippen LogP contribution < -0.4 is 5.73 Å². The zero-order chi connectivity index (χ0) is 16.0. The van der Waals surface area contributed by atoms with Crippen molar-refractivity contribution in [1.29, 1.82) is 0 Å². The molecule has 21 heavy (non-hydrogen) atoms. The van der Waals surface area contributed by atoms with Crippen molar-refractivity contribution in [3.8, 4) is 0 Å². The van der Waals surface area contributed by atoms with E-state index < -0.39 is 36.4 Å². The van der Waals surface area contributed by atoms with Crippen molar-refractivity contribution in [3.63, 3.8) is 0 Å². The SMILES string of the molecule is CN(C(=O)C(N)CC(=O)O)C(Cc1ccccc1)C(=O)O. The Kier molecular flexibility index (Phi) is 5.86. The molecule has 0 heterocycles. The molecule has 2 unspecified atom stereocenters. The monoisotopic (exact) mass is 294 g/mol. The highest BCUT2D eigenvalue weighted by molar-refractivity contribution is 5.89. The summed E-state index contributed by atoms with van der Waals surface area (Å²) in [6.45, 7) is 0. The fraction of sp³-hybridized carbons (Fsp3) is 0.357. The smallest absolute Gasteiger partial charge is 0.326 e. The average molecular weight is 294 g/mol. The molecule has 1 aromatic rings. The van der Waals surface area contributed by atoms with Gasteiger partial charge in [0.25, 0.3) is 0 Å². The number of likely N-dealkylation sites (N-methyl/N-ethyl adjacent to an activating group) is 1. The molecule has 0 fully saturated rings. The molecule has 0 saturated carbocycles. The Bertz CT molecular complexity index is 517. The van der Waals surface area contributed by atoms with Crippen LogP contribution in [0.15, 0.2) is 30.3 Å². The van der Waals surface area contributed by atoms with E-state index in [1.807, 2.05) is 0 Å². The van der Waals surface area contributed by atoms with Crippen LogP contribution in [0.4, 0.5) is 0 Å². The largest absolute Gasteiger partial charge is 0.481 e. The van der Waals surface area contributed by atoms with Crippen LogP contribution in [-0.2, 0) is 20.8 Å². The third-order valence-corrected chi connectivity index (χ3v) is 3.08. The third-order valence-electron chi connectivity index (χ3n) is 3.08. The predicted molar refractivity (Wildman–Crippen MR) is 74.6 cm³/mol. The maximum absolute atomic E-state index is 12.0. The predicted octanol–water partition coefficient (Wildman–Crippen LogP) is -0.0573. The number of hydrogen-bond acceptors (Lipinski definition) is 4. The third kappa shape index (κ3) is 4.88. The number of aliphatic carboxylic acids is 2. The zero-order valence-electron chi connectivity index (χ0n) is 11.6. The minimum absolute atomic E-state index is 0.123. The Morgan fingerprint density at radius 3 is 2.24 bits per heavy atom. The van der Waals surface area contributed by atoms with Gasteiger partial charge in [-0.25, -0.2) is 4.79 Å². The first kappa shape index (κ1) is 16.6. The van der Waals surface area contributed by atoms with Crippen LogP contribution >= 0.6 is 0 Å². The molecule has 7 heteroatoms. The molecule has 0 saturated heterocycles. The van der Waals surface area contributed by atoms with Crippen molar-refractivity contribution in [2.24, 2.45) is 5.73 Å². The quantitative estimate of drug-likeness (QED) is 0.648. The number of carboxylic acids is 2. The minimum atomic E-state index is -1.26. The topological polar surface area (TPSA) is 121 Å². The van der Waals surface area contributed by atoms with Crippen molar-refractivity contribution < 1.29 is 24.6 Å². The average Bonchev–Trinajstić information content (AvgIpc) is 2.43. The maximum Gasteiger partial charge on any atom is 0.326 e. The van der Waals surface area contributed by atoms with Crippen LogP contribution in [-0.4, -0.2) is 52.1 Å². The van der Waals surface area contributed by atoms with Gasteiger partial charge < -0.3 is 20.8 Å². The van der Waals surface area contributed by atoms with E-state index in [4.69, 9.17) is 10.8 Å². The fourth-order valence-corrected chi connectivity index (χ4v) is 1.92. The van der Waals surface area contributed by atoms with Gasteiger partial charge in [-0.15, -0.1) is 0 Å². The van der Waals surface area contributed by atoms with Crippen molar-refractivity contribution in [3.05, 3.63) is 35.9 Å². The highest BCUT2D eigenvalue weighted by Crippen LogP contribution is 2.10. The highest BCUT2D eigenvalue weighted by Gasteiger charge is 2.30. The Morgan fingerprint density at radius 2 is 1.76 bits per heavy atom. The summed E-state index contributed by atoms with van der Waals surface area (Å²) in [5, 5.41) is 17.9. The van der Waals surface area contributed by atoms with Crippen LogP contribution in [0.25, 0.3) is 0 Å². The molecule has 1 rings (SSSR count). The van der Waals surface area contributed by atoms with Gasteiger partial charge in [-0.05, 0) is 5.56 Å². The summed E-state index contributed by atoms with van der Waals surface area (Å²) in [7, 11) is 1.31. The number of rotatable bonds is 7. The first-order chi connectivity index (χ1) is 9.82. The lowest BCUT2D eigenvalue weighted by atomic mass is 10.0. The molecular weight excluding hydrogens is 276 g/mol. The molecule has 114 valence electrons. The van der Waals surface area contributed by atoms with Gasteiger partial charge in [-0.3, -0.25) is 9.59 Å². The van der Waals surface area contributed by atoms with E-state index >= 15 is 0 Å². The van der Waals surface area contributed by atoms with E-state index in [-0.39, 0.29) is 6.42 Å². The van der Waals surface area contributed by atoms with E-state index in [9.17, 15) is 19.5 Å². The molecule has 0 aromatic heterocycles. The lowest BCUT2D eigenvalue weighted by Crippen LogP contribution is -2.50. The van der Waals surface area contributed by atoms with Gasteiger partial charge in [0.05, 0.1) is 12.5 Å². The summed E-state index contributed by atoms with van der Waals surface area (Å²) in [5.74, 6) is -3.09. The van der Waals surface area contributed by atoms with Crippen molar-refractivity contribution in [2.75, 3.05) is 7.05 Å². The number of amides is 1. The molecule has 0 aliphatic heterocycles. The zero-order valence-corrected chi connectivity index (χ0v) is 11.6. The summed E-state index contributed by atoms with van der Waals surface area (Å²) in [4.78, 5) is 34.9. The molecular formula is C14H18N2O5. The van der Waals surface area contributed by atoms with Crippen LogP contribution in [0.1, 0.15) is 12.0 Å². The molecule has 0 aliphatic carbocycles. The summed E-state index contributed by atoms with van der Waals surface area (Å²) in [6.07, 6.45) is -0.418. The molecule has 0 spiro atoms. The van der Waals surface area contributed by atoms with E-state index in [1.54, 1.807) is 30.3 Å². The van der Waals surface area contributed by atoms with Gasteiger partial charge in [-0.1, -0.05) is 30.3 Å². The Hall–Kier alpha value is -2.41. The second kappa shape index (κ2) is 7.39. The van der Waals surface area contributed by atoms with Gasteiger partial charge in [0.1, 0.15) is 6.04 Å². The van der Waals surface area contributed by atoms with Crippen molar-refractivity contribution in [2.45, 2.75) is 24.9 Å². The number of carbonyl (C=O) groups is 3. The second-order valence-electron chi connectivity index (χ2n) is 4.70. The van der Waals surface area contributed by atoms with Gasteiger partial charge in [0.2, 0.25) is 5.91 Å². The molecule has 1 aromatic carbocycles. The van der Waals surface area contributed by atoms with Crippen molar-refractivity contribution >= 4 is 17.8 Å². The van der Waals surface area contributed by atoms with Gasteiger partial charge >= 0.3 is 11.9 Å². The van der Waals surface area contributed by atoms with E-state index in [0.717, 1.165) is 10.5 Å². The highest BCUT2D eigenvalue weighted by atomic mass is 16.4. The number of carbonyl (C=O) groups excluding carboxylic acids is 1. The van der Waals surface area contributed by atoms with Crippen molar-refractivity contribution in [1.82, 2.24) is 4.90 Å². The number of nitrogens with zero attached hydrogens (tertiary/aromatic N) is 1. The molecule has 0 radical (unpaired) electrons. The second-order valence-corrected chi connectivity index (χ2v) is 4.70. The van der Waals surface area contributed by atoms with Crippen LogP contribution in [0.2, 0.25) is 0 Å². The standard InChI is InChI=1S/C14H18N2O5/c1-16(13(19)10(15)8-12(17)18)11(14(20)21)7-9-5-3-2-4-6-9/h2-6,10-11H,7-8,15H2,1H3,(H,17,18)(H,20,21). The number of nitrogens with two attached hydrogens (primary N) is 1.